The number of nitrogens with one attached hydrogen (secondary N) is 1. The van der Waals surface area contributed by atoms with Crippen molar-refractivity contribution in [2.24, 2.45) is 5.41 Å². The van der Waals surface area contributed by atoms with E-state index in [9.17, 15) is 13.2 Å². The summed E-state index contributed by atoms with van der Waals surface area (Å²) in [5, 5.41) is 11.4. The molecule has 1 saturated carbocycles. The Morgan fingerprint density at radius 3 is 2.06 bits per heavy atom. The van der Waals surface area contributed by atoms with Crippen molar-refractivity contribution in [3.63, 3.8) is 0 Å². The molecule has 5 heteroatoms. The van der Waals surface area contributed by atoms with Gasteiger partial charge in [-0.1, -0.05) is 13.8 Å². The molecule has 0 bridgehead atoms. The van der Waals surface area contributed by atoms with Crippen LogP contribution >= 0.6 is 0 Å². The van der Waals surface area contributed by atoms with Crippen LogP contribution in [0.15, 0.2) is 0 Å². The smallest absolute Gasteiger partial charge is 0.291 e. The van der Waals surface area contributed by atoms with Crippen LogP contribution in [-0.2, 0) is 0 Å². The predicted molar refractivity (Wildman–Crippen MR) is 54.7 cm³/mol. The van der Waals surface area contributed by atoms with Crippen molar-refractivity contribution in [2.75, 3.05) is 6.54 Å². The summed E-state index contributed by atoms with van der Waals surface area (Å²) >= 11 is 0. The molecule has 1 aliphatic rings. The summed E-state index contributed by atoms with van der Waals surface area (Å²) in [5.74, 6) is 0. The molecule has 92 valence electrons. The SMILES string of the molecule is CC1(C)CCC(C#N)(NCC(F)(F)F)CC1. The molecular weight excluding hydrogens is 217 g/mol. The lowest BCUT2D eigenvalue weighted by Crippen LogP contribution is -2.51. The van der Waals surface area contributed by atoms with Crippen molar-refractivity contribution < 1.29 is 13.2 Å². The highest BCUT2D eigenvalue weighted by Gasteiger charge is 2.40. The van der Waals surface area contributed by atoms with Gasteiger partial charge in [-0.3, -0.25) is 5.32 Å². The average Bonchev–Trinajstić information content (AvgIpc) is 2.16. The number of hydrogen-bond acceptors (Lipinski definition) is 2. The normalized spacial score (nSPS) is 23.8. The van der Waals surface area contributed by atoms with Gasteiger partial charge in [0.2, 0.25) is 0 Å². The third kappa shape index (κ3) is 3.67. The molecule has 0 atom stereocenters. The highest BCUT2D eigenvalue weighted by Crippen LogP contribution is 2.40. The van der Waals surface area contributed by atoms with Gasteiger partial charge in [-0.25, -0.2) is 0 Å². The Bertz CT molecular complexity index is 279. The first kappa shape index (κ1) is 13.3. The minimum absolute atomic E-state index is 0.139. The summed E-state index contributed by atoms with van der Waals surface area (Å²) in [5.41, 5.74) is -0.842. The Balaban J connectivity index is 2.58. The molecule has 1 N–H and O–H groups in total. The van der Waals surface area contributed by atoms with Gasteiger partial charge in [-0.05, 0) is 31.1 Å². The number of rotatable bonds is 2. The molecule has 1 aliphatic carbocycles. The molecule has 0 aromatic heterocycles. The maximum atomic E-state index is 12.1. The summed E-state index contributed by atoms with van der Waals surface area (Å²) in [6.45, 7) is 3.08. The molecule has 0 spiro atoms. The third-order valence-corrected chi connectivity index (χ3v) is 3.30. The van der Waals surface area contributed by atoms with Crippen molar-refractivity contribution in [2.45, 2.75) is 51.2 Å². The lowest BCUT2D eigenvalue weighted by molar-refractivity contribution is -0.128. The van der Waals surface area contributed by atoms with Gasteiger partial charge < -0.3 is 0 Å². The Hall–Kier alpha value is -0.760. The molecule has 0 heterocycles. The summed E-state index contributed by atoms with van der Waals surface area (Å²) in [7, 11) is 0. The molecule has 0 aromatic carbocycles. The fourth-order valence-electron chi connectivity index (χ4n) is 1.95. The Morgan fingerprint density at radius 1 is 1.19 bits per heavy atom. The van der Waals surface area contributed by atoms with Crippen molar-refractivity contribution in [1.82, 2.24) is 5.32 Å². The van der Waals surface area contributed by atoms with E-state index in [0.29, 0.717) is 12.8 Å². The van der Waals surface area contributed by atoms with Gasteiger partial charge in [-0.2, -0.15) is 18.4 Å². The molecule has 0 aliphatic heterocycles. The molecule has 0 saturated heterocycles. The van der Waals surface area contributed by atoms with Crippen molar-refractivity contribution in [3.05, 3.63) is 0 Å². The predicted octanol–water partition coefficient (Wildman–Crippen LogP) is 3.00. The van der Waals surface area contributed by atoms with Gasteiger partial charge in [0, 0.05) is 0 Å². The van der Waals surface area contributed by atoms with Crippen LogP contribution < -0.4 is 5.32 Å². The van der Waals surface area contributed by atoms with Gasteiger partial charge in [-0.15, -0.1) is 0 Å². The summed E-state index contributed by atoms with van der Waals surface area (Å²) in [6, 6.07) is 2.02. The van der Waals surface area contributed by atoms with E-state index in [1.165, 1.54) is 0 Å². The van der Waals surface area contributed by atoms with Gasteiger partial charge >= 0.3 is 6.18 Å². The molecular formula is C11H17F3N2. The molecule has 1 fully saturated rings. The van der Waals surface area contributed by atoms with Crippen molar-refractivity contribution >= 4 is 0 Å². The van der Waals surface area contributed by atoms with Crippen LogP contribution in [0.2, 0.25) is 0 Å². The zero-order valence-electron chi connectivity index (χ0n) is 9.62. The summed E-state index contributed by atoms with van der Waals surface area (Å²) < 4.78 is 36.3. The Kier molecular flexibility index (Phi) is 3.53. The zero-order chi connectivity index (χ0) is 12.4. The van der Waals surface area contributed by atoms with Gasteiger partial charge in [0.25, 0.3) is 0 Å². The van der Waals surface area contributed by atoms with E-state index >= 15 is 0 Å². The maximum Gasteiger partial charge on any atom is 0.401 e. The quantitative estimate of drug-likeness (QED) is 0.797. The third-order valence-electron chi connectivity index (χ3n) is 3.30. The van der Waals surface area contributed by atoms with E-state index in [1.54, 1.807) is 0 Å². The minimum atomic E-state index is -4.25. The van der Waals surface area contributed by atoms with Crippen molar-refractivity contribution in [1.29, 1.82) is 5.26 Å². The maximum absolute atomic E-state index is 12.1. The molecule has 2 nitrogen and oxygen atoms in total. The molecule has 0 aromatic rings. The Labute approximate surface area is 93.8 Å². The minimum Gasteiger partial charge on any atom is -0.291 e. The lowest BCUT2D eigenvalue weighted by Gasteiger charge is -2.40. The molecule has 0 unspecified atom stereocenters. The highest BCUT2D eigenvalue weighted by molar-refractivity contribution is 5.10. The van der Waals surface area contributed by atoms with E-state index in [2.05, 4.69) is 19.2 Å². The second kappa shape index (κ2) is 4.25. The van der Waals surface area contributed by atoms with E-state index < -0.39 is 18.3 Å². The number of nitrogens with zero attached hydrogens (tertiary/aromatic N) is 1. The first-order valence-electron chi connectivity index (χ1n) is 5.41. The van der Waals surface area contributed by atoms with Crippen LogP contribution in [0.1, 0.15) is 39.5 Å². The zero-order valence-corrected chi connectivity index (χ0v) is 9.62. The summed E-state index contributed by atoms with van der Waals surface area (Å²) in [4.78, 5) is 0. The second-order valence-corrected chi connectivity index (χ2v) is 5.33. The van der Waals surface area contributed by atoms with Crippen LogP contribution in [-0.4, -0.2) is 18.3 Å². The molecule has 16 heavy (non-hydrogen) atoms. The van der Waals surface area contributed by atoms with Crippen LogP contribution in [0.3, 0.4) is 0 Å². The van der Waals surface area contributed by atoms with Crippen LogP contribution in [0.25, 0.3) is 0 Å². The number of hydrogen-bond donors (Lipinski definition) is 1. The van der Waals surface area contributed by atoms with E-state index in [-0.39, 0.29) is 5.41 Å². The molecule has 1 rings (SSSR count). The van der Waals surface area contributed by atoms with Gasteiger partial charge in [0.15, 0.2) is 0 Å². The first-order valence-corrected chi connectivity index (χ1v) is 5.41. The van der Waals surface area contributed by atoms with Crippen molar-refractivity contribution in [3.8, 4) is 6.07 Å². The topological polar surface area (TPSA) is 35.8 Å². The number of nitriles is 1. The standard InChI is InChI=1S/C11H17F3N2/c1-9(2)3-5-10(7-15,6-4-9)16-8-11(12,13)14/h16H,3-6,8H2,1-2H3. The number of alkyl halides is 3. The largest absolute Gasteiger partial charge is 0.401 e. The van der Waals surface area contributed by atoms with Crippen LogP contribution in [0.5, 0.6) is 0 Å². The van der Waals surface area contributed by atoms with Crippen LogP contribution in [0.4, 0.5) is 13.2 Å². The van der Waals surface area contributed by atoms with Gasteiger partial charge in [0.1, 0.15) is 5.54 Å². The fourth-order valence-corrected chi connectivity index (χ4v) is 1.95. The monoisotopic (exact) mass is 234 g/mol. The summed E-state index contributed by atoms with van der Waals surface area (Å²) in [6.07, 6.45) is -1.70. The highest BCUT2D eigenvalue weighted by atomic mass is 19.4. The first-order chi connectivity index (χ1) is 7.18. The fraction of sp³-hybridized carbons (Fsp3) is 0.909. The van der Waals surface area contributed by atoms with Gasteiger partial charge in [0.05, 0.1) is 12.6 Å². The number of halogens is 3. The van der Waals surface area contributed by atoms with Crippen LogP contribution in [0, 0.1) is 16.7 Å². The average molecular weight is 234 g/mol. The second-order valence-electron chi connectivity index (χ2n) is 5.33. The van der Waals surface area contributed by atoms with E-state index in [4.69, 9.17) is 5.26 Å². The lowest BCUT2D eigenvalue weighted by atomic mass is 9.70. The molecule has 0 radical (unpaired) electrons. The van der Waals surface area contributed by atoms with E-state index in [0.717, 1.165) is 12.8 Å². The Morgan fingerprint density at radius 2 is 1.69 bits per heavy atom. The molecule has 0 amide bonds. The van der Waals surface area contributed by atoms with E-state index in [1.807, 2.05) is 6.07 Å².